The minimum atomic E-state index is -3.57. The zero-order chi connectivity index (χ0) is 23.1. The highest BCUT2D eigenvalue weighted by Crippen LogP contribution is 2.26. The molecule has 11 heteroatoms. The molecule has 1 heterocycles. The Hall–Kier alpha value is -2.05. The number of benzene rings is 2. The molecule has 0 unspecified atom stereocenters. The van der Waals surface area contributed by atoms with Crippen LogP contribution in [0.3, 0.4) is 0 Å². The van der Waals surface area contributed by atoms with Crippen molar-refractivity contribution >= 4 is 54.9 Å². The molecular weight excluding hydrogens is 518 g/mol. The number of halogens is 1. The van der Waals surface area contributed by atoms with Crippen LogP contribution in [0.1, 0.15) is 12.5 Å². The molecule has 1 aliphatic rings. The zero-order valence-corrected chi connectivity index (χ0v) is 20.7. The quantitative estimate of drug-likeness (QED) is 0.520. The Kier molecular flexibility index (Phi) is 8.60. The zero-order valence-electron chi connectivity index (χ0n) is 17.5. The minimum Gasteiger partial charge on any atom is -0.483 e. The van der Waals surface area contributed by atoms with E-state index in [0.29, 0.717) is 37.7 Å². The van der Waals surface area contributed by atoms with Crippen LogP contribution in [0.5, 0.6) is 5.75 Å². The molecule has 1 amide bonds. The molecule has 32 heavy (non-hydrogen) atoms. The summed E-state index contributed by atoms with van der Waals surface area (Å²) in [6, 6.07) is 11.9. The molecule has 0 aliphatic carbocycles. The first kappa shape index (κ1) is 24.6. The highest BCUT2D eigenvalue weighted by atomic mass is 79.9. The fourth-order valence-corrected chi connectivity index (χ4v) is 5.18. The Morgan fingerprint density at radius 3 is 2.50 bits per heavy atom. The van der Waals surface area contributed by atoms with E-state index >= 15 is 0 Å². The monoisotopic (exact) mass is 541 g/mol. The minimum absolute atomic E-state index is 0.0859. The Bertz CT molecular complexity index is 1070. The molecule has 0 spiro atoms. The smallest absolute Gasteiger partial charge is 0.264 e. The van der Waals surface area contributed by atoms with Crippen molar-refractivity contribution < 1.29 is 22.7 Å². The molecule has 1 saturated heterocycles. The van der Waals surface area contributed by atoms with E-state index in [1.165, 1.54) is 16.4 Å². The van der Waals surface area contributed by atoms with Crippen molar-refractivity contribution in [2.45, 2.75) is 18.2 Å². The molecule has 1 fully saturated rings. The van der Waals surface area contributed by atoms with E-state index in [0.717, 1.165) is 16.5 Å². The van der Waals surface area contributed by atoms with Gasteiger partial charge in [0.05, 0.1) is 22.6 Å². The Morgan fingerprint density at radius 1 is 1.19 bits per heavy atom. The number of nitrogens with one attached hydrogen (secondary N) is 2. The Balaban J connectivity index is 1.50. The van der Waals surface area contributed by atoms with Gasteiger partial charge in [-0.15, -0.1) is 0 Å². The van der Waals surface area contributed by atoms with Gasteiger partial charge in [0.15, 0.2) is 11.7 Å². The van der Waals surface area contributed by atoms with Crippen LogP contribution in [-0.4, -0.2) is 56.7 Å². The number of aryl methyl sites for hydroxylation is 1. The fraction of sp³-hybridized carbons (Fsp3) is 0.333. The average molecular weight is 542 g/mol. The molecule has 0 radical (unpaired) electrons. The third kappa shape index (κ3) is 6.48. The van der Waals surface area contributed by atoms with Gasteiger partial charge in [-0.25, -0.2) is 8.42 Å². The summed E-state index contributed by atoms with van der Waals surface area (Å²) in [5.41, 5.74) is 1.71. The lowest BCUT2D eigenvalue weighted by Crippen LogP contribution is -2.40. The van der Waals surface area contributed by atoms with Gasteiger partial charge < -0.3 is 14.8 Å². The Morgan fingerprint density at radius 2 is 1.88 bits per heavy atom. The molecule has 172 valence electrons. The molecule has 0 saturated carbocycles. The molecule has 2 N–H and O–H groups in total. The van der Waals surface area contributed by atoms with Crippen LogP contribution < -0.4 is 15.4 Å². The van der Waals surface area contributed by atoms with Crippen LogP contribution in [0.2, 0.25) is 0 Å². The number of anilines is 1. The van der Waals surface area contributed by atoms with Crippen LogP contribution in [-0.2, 0) is 26.0 Å². The van der Waals surface area contributed by atoms with Crippen LogP contribution in [0.15, 0.2) is 51.8 Å². The van der Waals surface area contributed by atoms with Gasteiger partial charge in [0.2, 0.25) is 10.0 Å². The van der Waals surface area contributed by atoms with E-state index in [4.69, 9.17) is 21.7 Å². The summed E-state index contributed by atoms with van der Waals surface area (Å²) in [4.78, 5) is 12.3. The van der Waals surface area contributed by atoms with Crippen molar-refractivity contribution in [2.75, 3.05) is 38.2 Å². The van der Waals surface area contributed by atoms with Gasteiger partial charge in [-0.1, -0.05) is 13.0 Å². The highest BCUT2D eigenvalue weighted by molar-refractivity contribution is 9.10. The third-order valence-electron chi connectivity index (χ3n) is 4.74. The summed E-state index contributed by atoms with van der Waals surface area (Å²) in [6.45, 7) is 3.29. The summed E-state index contributed by atoms with van der Waals surface area (Å²) in [6.07, 6.45) is 0.902. The number of rotatable bonds is 7. The third-order valence-corrected chi connectivity index (χ3v) is 7.47. The van der Waals surface area contributed by atoms with Gasteiger partial charge in [0.25, 0.3) is 5.91 Å². The topological polar surface area (TPSA) is 97.0 Å². The van der Waals surface area contributed by atoms with Crippen LogP contribution in [0.25, 0.3) is 0 Å². The first-order chi connectivity index (χ1) is 15.3. The number of sulfonamides is 1. The predicted molar refractivity (Wildman–Crippen MR) is 129 cm³/mol. The van der Waals surface area contributed by atoms with Crippen molar-refractivity contribution in [3.63, 3.8) is 0 Å². The van der Waals surface area contributed by atoms with Crippen LogP contribution in [0, 0.1) is 0 Å². The lowest BCUT2D eigenvalue weighted by Gasteiger charge is -2.26. The van der Waals surface area contributed by atoms with Crippen molar-refractivity contribution in [3.05, 3.63) is 52.5 Å². The van der Waals surface area contributed by atoms with E-state index < -0.39 is 15.9 Å². The van der Waals surface area contributed by atoms with Crippen molar-refractivity contribution in [1.29, 1.82) is 0 Å². The van der Waals surface area contributed by atoms with E-state index in [1.54, 1.807) is 18.2 Å². The summed E-state index contributed by atoms with van der Waals surface area (Å²) in [5.74, 6) is 0.147. The lowest BCUT2D eigenvalue weighted by molar-refractivity contribution is -0.121. The number of amides is 1. The highest BCUT2D eigenvalue weighted by Gasteiger charge is 2.26. The summed E-state index contributed by atoms with van der Waals surface area (Å²) < 4.78 is 38.2. The second-order valence-electron chi connectivity index (χ2n) is 6.95. The van der Waals surface area contributed by atoms with Crippen molar-refractivity contribution in [2.24, 2.45) is 0 Å². The number of carbonyl (C=O) groups is 1. The second kappa shape index (κ2) is 11.2. The number of carbonyl (C=O) groups excluding carboxylic acids is 1. The van der Waals surface area contributed by atoms with Gasteiger partial charge in [0, 0.05) is 18.8 Å². The van der Waals surface area contributed by atoms with E-state index in [1.807, 2.05) is 12.1 Å². The fourth-order valence-electron chi connectivity index (χ4n) is 3.00. The molecule has 2 aromatic rings. The Labute approximate surface area is 201 Å². The number of thiocarbonyl (C=S) groups is 1. The number of hydrogen-bond donors (Lipinski definition) is 2. The molecule has 3 rings (SSSR count). The first-order valence-electron chi connectivity index (χ1n) is 9.99. The van der Waals surface area contributed by atoms with E-state index in [2.05, 4.69) is 33.5 Å². The molecule has 8 nitrogen and oxygen atoms in total. The first-order valence-corrected chi connectivity index (χ1v) is 12.6. The molecular formula is C21H24BrN3O5S2. The van der Waals surface area contributed by atoms with Gasteiger partial charge in [-0.2, -0.15) is 4.31 Å². The standard InChI is InChI=1S/C21H24BrN3O5S2/c1-2-15-3-8-19(18(22)13-15)30-14-20(26)24-21(31)23-16-4-6-17(7-5-16)32(27,28)25-9-11-29-12-10-25/h3-8,13H,2,9-12,14H2,1H3,(H2,23,24,26,31). The van der Waals surface area contributed by atoms with Crippen LogP contribution in [0.4, 0.5) is 5.69 Å². The van der Waals surface area contributed by atoms with Gasteiger partial charge >= 0.3 is 0 Å². The molecule has 0 atom stereocenters. The second-order valence-corrected chi connectivity index (χ2v) is 10.2. The summed E-state index contributed by atoms with van der Waals surface area (Å²) in [5, 5.41) is 5.49. The molecule has 0 aromatic heterocycles. The van der Waals surface area contributed by atoms with Crippen molar-refractivity contribution in [1.82, 2.24) is 9.62 Å². The van der Waals surface area contributed by atoms with Crippen molar-refractivity contribution in [3.8, 4) is 5.75 Å². The van der Waals surface area contributed by atoms with E-state index in [9.17, 15) is 13.2 Å². The maximum atomic E-state index is 12.7. The van der Waals surface area contributed by atoms with Gasteiger partial charge in [-0.05, 0) is 76.5 Å². The SMILES string of the molecule is CCc1ccc(OCC(=O)NC(=S)Nc2ccc(S(=O)(=O)N3CCOCC3)cc2)c(Br)c1. The number of ether oxygens (including phenoxy) is 2. The normalized spacial score (nSPS) is 14.6. The van der Waals surface area contributed by atoms with Gasteiger partial charge in [0.1, 0.15) is 5.75 Å². The van der Waals surface area contributed by atoms with Crippen LogP contribution >= 0.6 is 28.1 Å². The maximum Gasteiger partial charge on any atom is 0.264 e. The predicted octanol–water partition coefficient (Wildman–Crippen LogP) is 2.92. The van der Waals surface area contributed by atoms with Gasteiger partial charge in [-0.3, -0.25) is 10.1 Å². The number of hydrogen-bond acceptors (Lipinski definition) is 6. The largest absolute Gasteiger partial charge is 0.483 e. The maximum absolute atomic E-state index is 12.7. The molecule has 1 aliphatic heterocycles. The molecule has 0 bridgehead atoms. The van der Waals surface area contributed by atoms with E-state index in [-0.39, 0.29) is 16.6 Å². The lowest BCUT2D eigenvalue weighted by atomic mass is 10.2. The average Bonchev–Trinajstić information content (AvgIpc) is 2.79. The summed E-state index contributed by atoms with van der Waals surface area (Å²) >= 11 is 8.59. The number of nitrogens with zero attached hydrogens (tertiary/aromatic N) is 1. The summed E-state index contributed by atoms with van der Waals surface area (Å²) in [7, 11) is -3.57. The molecule has 2 aromatic carbocycles. The number of morpholine rings is 1.